The zero-order valence-corrected chi connectivity index (χ0v) is 11.4. The summed E-state index contributed by atoms with van der Waals surface area (Å²) < 4.78 is 19.1. The lowest BCUT2D eigenvalue weighted by Gasteiger charge is -2.16. The van der Waals surface area contributed by atoms with E-state index in [9.17, 15) is 9.18 Å². The average Bonchev–Trinajstić information content (AvgIpc) is 2.39. The molecular weight excluding hydrogens is 249 g/mol. The Morgan fingerprint density at radius 1 is 1.53 bits per heavy atom. The smallest absolute Gasteiger partial charge is 0.344 e. The minimum absolute atomic E-state index is 0.0205. The largest absolute Gasteiger partial charge is 0.479 e. The summed E-state index contributed by atoms with van der Waals surface area (Å²) in [5.41, 5.74) is 0.787. The van der Waals surface area contributed by atoms with Gasteiger partial charge in [-0.3, -0.25) is 0 Å². The Kier molecular flexibility index (Phi) is 5.76. The highest BCUT2D eigenvalue weighted by atomic mass is 19.1. The molecule has 19 heavy (non-hydrogen) atoms. The number of aliphatic carboxylic acids is 1. The van der Waals surface area contributed by atoms with E-state index in [-0.39, 0.29) is 11.8 Å². The minimum atomic E-state index is -1.08. The molecular formula is C14H20FNO3. The van der Waals surface area contributed by atoms with Crippen LogP contribution in [0.25, 0.3) is 0 Å². The molecule has 0 amide bonds. The Morgan fingerprint density at radius 2 is 2.21 bits per heavy atom. The van der Waals surface area contributed by atoms with Crippen molar-refractivity contribution in [1.82, 2.24) is 5.32 Å². The maximum Gasteiger partial charge on any atom is 0.344 e. The zero-order valence-electron chi connectivity index (χ0n) is 11.4. The molecule has 1 aromatic rings. The number of carboxylic acids is 1. The zero-order chi connectivity index (χ0) is 14.4. The Bertz CT molecular complexity index is 437. The first-order valence-corrected chi connectivity index (χ1v) is 6.35. The molecule has 0 aromatic heterocycles. The van der Waals surface area contributed by atoms with Crippen LogP contribution in [0.1, 0.15) is 38.3 Å². The van der Waals surface area contributed by atoms with E-state index in [4.69, 9.17) is 9.84 Å². The van der Waals surface area contributed by atoms with Crippen molar-refractivity contribution in [3.63, 3.8) is 0 Å². The van der Waals surface area contributed by atoms with Crippen LogP contribution >= 0.6 is 0 Å². The van der Waals surface area contributed by atoms with Gasteiger partial charge in [0.15, 0.2) is 17.7 Å². The summed E-state index contributed by atoms with van der Waals surface area (Å²) in [4.78, 5) is 11.0. The van der Waals surface area contributed by atoms with E-state index in [1.807, 2.05) is 13.8 Å². The van der Waals surface area contributed by atoms with Gasteiger partial charge in [-0.1, -0.05) is 19.4 Å². The van der Waals surface area contributed by atoms with E-state index in [0.29, 0.717) is 12.8 Å². The Morgan fingerprint density at radius 3 is 2.68 bits per heavy atom. The van der Waals surface area contributed by atoms with Gasteiger partial charge in [0.25, 0.3) is 0 Å². The van der Waals surface area contributed by atoms with E-state index in [2.05, 4.69) is 5.32 Å². The van der Waals surface area contributed by atoms with Crippen LogP contribution in [-0.2, 0) is 4.79 Å². The van der Waals surface area contributed by atoms with Crippen LogP contribution in [-0.4, -0.2) is 24.2 Å². The van der Waals surface area contributed by atoms with E-state index in [0.717, 1.165) is 5.56 Å². The molecule has 0 fully saturated rings. The van der Waals surface area contributed by atoms with Crippen LogP contribution < -0.4 is 10.1 Å². The van der Waals surface area contributed by atoms with Gasteiger partial charge in [0, 0.05) is 6.04 Å². The standard InChI is InChI=1S/C14H20FNO3/c1-4-5-13(14(17)18)19-12-7-6-10(8-11(12)15)9(2)16-3/h6-9,13,16H,4-5H2,1-3H3,(H,17,18). The molecule has 5 heteroatoms. The predicted molar refractivity (Wildman–Crippen MR) is 70.8 cm³/mol. The number of nitrogens with one attached hydrogen (secondary N) is 1. The topological polar surface area (TPSA) is 58.6 Å². The number of hydrogen-bond donors (Lipinski definition) is 2. The lowest BCUT2D eigenvalue weighted by molar-refractivity contribution is -0.145. The maximum atomic E-state index is 13.9. The van der Waals surface area contributed by atoms with Crippen molar-refractivity contribution in [2.24, 2.45) is 0 Å². The highest BCUT2D eigenvalue weighted by molar-refractivity contribution is 5.72. The number of benzene rings is 1. The summed E-state index contributed by atoms with van der Waals surface area (Å²) in [6.45, 7) is 3.76. The Hall–Kier alpha value is -1.62. The molecule has 1 rings (SSSR count). The molecule has 0 saturated carbocycles. The summed E-state index contributed by atoms with van der Waals surface area (Å²) >= 11 is 0. The molecule has 2 N–H and O–H groups in total. The number of halogens is 1. The number of hydrogen-bond acceptors (Lipinski definition) is 3. The molecule has 0 spiro atoms. The van der Waals surface area contributed by atoms with Crippen LogP contribution in [0.2, 0.25) is 0 Å². The fourth-order valence-electron chi connectivity index (χ4n) is 1.70. The SMILES string of the molecule is CCCC(Oc1ccc(C(C)NC)cc1F)C(=O)O. The Labute approximate surface area is 112 Å². The van der Waals surface area contributed by atoms with E-state index >= 15 is 0 Å². The van der Waals surface area contributed by atoms with Crippen LogP contribution in [0.5, 0.6) is 5.75 Å². The monoisotopic (exact) mass is 269 g/mol. The van der Waals surface area contributed by atoms with Gasteiger partial charge in [-0.25, -0.2) is 9.18 Å². The highest BCUT2D eigenvalue weighted by Crippen LogP contribution is 2.23. The molecule has 2 unspecified atom stereocenters. The Balaban J connectivity index is 2.87. The van der Waals surface area contributed by atoms with E-state index in [1.54, 1.807) is 13.1 Å². The summed E-state index contributed by atoms with van der Waals surface area (Å²) in [7, 11) is 1.79. The van der Waals surface area contributed by atoms with Crippen LogP contribution in [0.4, 0.5) is 4.39 Å². The third-order valence-corrected chi connectivity index (χ3v) is 2.98. The van der Waals surface area contributed by atoms with Gasteiger partial charge in [-0.05, 0) is 38.1 Å². The second-order valence-corrected chi connectivity index (χ2v) is 4.43. The van der Waals surface area contributed by atoms with Crippen molar-refractivity contribution >= 4 is 5.97 Å². The first-order valence-electron chi connectivity index (χ1n) is 6.35. The lowest BCUT2D eigenvalue weighted by Crippen LogP contribution is -2.27. The second-order valence-electron chi connectivity index (χ2n) is 4.43. The molecule has 0 aliphatic heterocycles. The van der Waals surface area contributed by atoms with Crippen molar-refractivity contribution in [3.8, 4) is 5.75 Å². The van der Waals surface area contributed by atoms with Gasteiger partial charge in [-0.15, -0.1) is 0 Å². The van der Waals surface area contributed by atoms with Crippen LogP contribution in [0.3, 0.4) is 0 Å². The first kappa shape index (κ1) is 15.4. The van der Waals surface area contributed by atoms with Gasteiger partial charge < -0.3 is 15.2 Å². The molecule has 0 bridgehead atoms. The molecule has 0 radical (unpaired) electrons. The van der Waals surface area contributed by atoms with Gasteiger partial charge in [0.2, 0.25) is 0 Å². The van der Waals surface area contributed by atoms with E-state index < -0.39 is 17.9 Å². The summed E-state index contributed by atoms with van der Waals surface area (Å²) in [6.07, 6.45) is 0.00348. The molecule has 0 saturated heterocycles. The van der Waals surface area contributed by atoms with Gasteiger partial charge in [0.1, 0.15) is 0 Å². The molecule has 0 aliphatic carbocycles. The number of ether oxygens (including phenoxy) is 1. The highest BCUT2D eigenvalue weighted by Gasteiger charge is 2.20. The molecule has 0 aliphatic rings. The van der Waals surface area contributed by atoms with E-state index in [1.165, 1.54) is 12.1 Å². The summed E-state index contributed by atoms with van der Waals surface area (Å²) in [5.74, 6) is -1.64. The maximum absolute atomic E-state index is 13.9. The summed E-state index contributed by atoms with van der Waals surface area (Å²) in [5, 5.41) is 12.0. The second kappa shape index (κ2) is 7.09. The van der Waals surface area contributed by atoms with Gasteiger partial charge in [0.05, 0.1) is 0 Å². The van der Waals surface area contributed by atoms with Crippen LogP contribution in [0, 0.1) is 5.82 Å². The average molecular weight is 269 g/mol. The predicted octanol–water partition coefficient (Wildman–Crippen LogP) is 2.74. The van der Waals surface area contributed by atoms with Crippen molar-refractivity contribution in [2.75, 3.05) is 7.05 Å². The molecule has 106 valence electrons. The van der Waals surface area contributed by atoms with Crippen LogP contribution in [0.15, 0.2) is 18.2 Å². The fourth-order valence-corrected chi connectivity index (χ4v) is 1.70. The van der Waals surface area contributed by atoms with Gasteiger partial charge in [-0.2, -0.15) is 0 Å². The minimum Gasteiger partial charge on any atom is -0.479 e. The normalized spacial score (nSPS) is 13.9. The lowest BCUT2D eigenvalue weighted by atomic mass is 10.1. The molecule has 1 aromatic carbocycles. The third kappa shape index (κ3) is 4.21. The molecule has 2 atom stereocenters. The fraction of sp³-hybridized carbons (Fsp3) is 0.500. The number of rotatable bonds is 7. The van der Waals surface area contributed by atoms with Crippen molar-refractivity contribution in [1.29, 1.82) is 0 Å². The van der Waals surface area contributed by atoms with Crippen molar-refractivity contribution < 1.29 is 19.0 Å². The summed E-state index contributed by atoms with van der Waals surface area (Å²) in [6, 6.07) is 4.59. The molecule has 0 heterocycles. The quantitative estimate of drug-likeness (QED) is 0.799. The van der Waals surface area contributed by atoms with Crippen molar-refractivity contribution in [2.45, 2.75) is 38.8 Å². The third-order valence-electron chi connectivity index (χ3n) is 2.98. The number of carbonyl (C=O) groups is 1. The van der Waals surface area contributed by atoms with Crippen molar-refractivity contribution in [3.05, 3.63) is 29.6 Å². The number of carboxylic acid groups (broad SMARTS) is 1. The molecule has 4 nitrogen and oxygen atoms in total. The first-order chi connectivity index (χ1) is 8.99. The van der Waals surface area contributed by atoms with Gasteiger partial charge >= 0.3 is 5.97 Å².